The van der Waals surface area contributed by atoms with E-state index in [0.717, 1.165) is 11.0 Å². The van der Waals surface area contributed by atoms with Gasteiger partial charge >= 0.3 is 11.7 Å². The molecule has 0 aliphatic rings. The molecule has 0 radical (unpaired) electrons. The second-order valence-electron chi connectivity index (χ2n) is 4.58. The molecule has 0 bridgehead atoms. The van der Waals surface area contributed by atoms with Gasteiger partial charge in [0.15, 0.2) is 0 Å². The van der Waals surface area contributed by atoms with Crippen molar-refractivity contribution in [2.24, 2.45) is 0 Å². The van der Waals surface area contributed by atoms with Crippen LogP contribution in [0.3, 0.4) is 0 Å². The maximum Gasteiger partial charge on any atom is 0.326 e. The Morgan fingerprint density at radius 2 is 2.20 bits per heavy atom. The summed E-state index contributed by atoms with van der Waals surface area (Å²) in [4.78, 5) is 26.0. The van der Waals surface area contributed by atoms with Crippen molar-refractivity contribution in [1.29, 1.82) is 0 Å². The molecule has 0 saturated heterocycles. The number of nitrogens with one attached hydrogen (secondary N) is 3. The minimum atomic E-state index is -0.362. The first-order valence-corrected chi connectivity index (χ1v) is 6.44. The van der Waals surface area contributed by atoms with Crippen LogP contribution in [0.5, 0.6) is 0 Å². The van der Waals surface area contributed by atoms with E-state index in [1.54, 1.807) is 11.5 Å². The van der Waals surface area contributed by atoms with Gasteiger partial charge in [-0.1, -0.05) is 12.1 Å². The molecule has 1 atom stereocenters. The van der Waals surface area contributed by atoms with Crippen molar-refractivity contribution in [1.82, 2.24) is 20.2 Å². The summed E-state index contributed by atoms with van der Waals surface area (Å²) in [6.45, 7) is 2.29. The number of amides is 2. The van der Waals surface area contributed by atoms with E-state index >= 15 is 0 Å². The van der Waals surface area contributed by atoms with E-state index in [1.807, 2.05) is 24.3 Å². The third-order valence-corrected chi connectivity index (χ3v) is 2.95. The van der Waals surface area contributed by atoms with Crippen molar-refractivity contribution in [3.05, 3.63) is 34.7 Å². The molecule has 2 amide bonds. The molecule has 1 aromatic heterocycles. The molecule has 0 fully saturated rings. The van der Waals surface area contributed by atoms with Crippen LogP contribution in [-0.4, -0.2) is 39.9 Å². The molecule has 108 valence electrons. The van der Waals surface area contributed by atoms with Gasteiger partial charge in [-0.2, -0.15) is 0 Å². The number of aromatic amines is 1. The lowest BCUT2D eigenvalue weighted by Crippen LogP contribution is -2.43. The Morgan fingerprint density at radius 1 is 1.45 bits per heavy atom. The fourth-order valence-corrected chi connectivity index (χ4v) is 1.93. The molecule has 0 aliphatic heterocycles. The number of H-pyrrole nitrogens is 1. The number of hydrogen-bond acceptors (Lipinski definition) is 3. The van der Waals surface area contributed by atoms with E-state index in [0.29, 0.717) is 13.1 Å². The highest BCUT2D eigenvalue weighted by Gasteiger charge is 2.07. The van der Waals surface area contributed by atoms with E-state index in [-0.39, 0.29) is 24.4 Å². The number of hydrogen-bond donors (Lipinski definition) is 4. The summed E-state index contributed by atoms with van der Waals surface area (Å²) in [7, 11) is 0. The van der Waals surface area contributed by atoms with Gasteiger partial charge in [-0.3, -0.25) is 4.57 Å². The predicted octanol–water partition coefficient (Wildman–Crippen LogP) is 0.00960. The molecule has 1 heterocycles. The minimum absolute atomic E-state index is 0.116. The molecular formula is C13H18N4O3. The Kier molecular flexibility index (Phi) is 4.41. The number of aromatic nitrogens is 2. The van der Waals surface area contributed by atoms with Crippen molar-refractivity contribution in [2.75, 3.05) is 13.2 Å². The van der Waals surface area contributed by atoms with Crippen LogP contribution in [0.15, 0.2) is 29.1 Å². The molecule has 0 aliphatic carbocycles. The van der Waals surface area contributed by atoms with Crippen molar-refractivity contribution in [3.8, 4) is 0 Å². The zero-order valence-electron chi connectivity index (χ0n) is 11.2. The van der Waals surface area contributed by atoms with Gasteiger partial charge in [0, 0.05) is 13.1 Å². The number of fused-ring (bicyclic) bond motifs is 1. The van der Waals surface area contributed by atoms with Gasteiger partial charge in [0.2, 0.25) is 0 Å². The Balaban J connectivity index is 1.95. The molecular weight excluding hydrogens is 260 g/mol. The van der Waals surface area contributed by atoms with Gasteiger partial charge in [0.05, 0.1) is 23.7 Å². The average Bonchev–Trinajstić information content (AvgIpc) is 2.75. The van der Waals surface area contributed by atoms with Crippen LogP contribution >= 0.6 is 0 Å². The SMILES string of the molecule is C[C@@H](CO)NC(=O)NCCn1c(=O)[nH]c2ccccc21. The molecule has 2 rings (SSSR count). The van der Waals surface area contributed by atoms with Gasteiger partial charge in [-0.05, 0) is 19.1 Å². The molecule has 0 saturated carbocycles. The number of benzene rings is 1. The largest absolute Gasteiger partial charge is 0.394 e. The van der Waals surface area contributed by atoms with Crippen molar-refractivity contribution < 1.29 is 9.90 Å². The first kappa shape index (κ1) is 14.1. The highest BCUT2D eigenvalue weighted by atomic mass is 16.3. The molecule has 1 aromatic carbocycles. The first-order chi connectivity index (χ1) is 9.61. The van der Waals surface area contributed by atoms with E-state index in [4.69, 9.17) is 5.11 Å². The highest BCUT2D eigenvalue weighted by Crippen LogP contribution is 2.08. The van der Waals surface area contributed by atoms with Crippen LogP contribution in [0.4, 0.5) is 4.79 Å². The molecule has 7 heteroatoms. The fourth-order valence-electron chi connectivity index (χ4n) is 1.93. The third kappa shape index (κ3) is 3.18. The highest BCUT2D eigenvalue weighted by molar-refractivity contribution is 5.75. The van der Waals surface area contributed by atoms with Crippen molar-refractivity contribution in [2.45, 2.75) is 19.5 Å². The summed E-state index contributed by atoms with van der Waals surface area (Å²) >= 11 is 0. The number of aliphatic hydroxyl groups excluding tert-OH is 1. The second kappa shape index (κ2) is 6.25. The zero-order valence-corrected chi connectivity index (χ0v) is 11.2. The maximum atomic E-state index is 11.8. The number of carbonyl (C=O) groups is 1. The van der Waals surface area contributed by atoms with Crippen LogP contribution in [0.25, 0.3) is 11.0 Å². The molecule has 2 aromatic rings. The van der Waals surface area contributed by atoms with E-state index in [1.165, 1.54) is 0 Å². The van der Waals surface area contributed by atoms with Crippen molar-refractivity contribution in [3.63, 3.8) is 0 Å². The number of rotatable bonds is 5. The Morgan fingerprint density at radius 3 is 2.95 bits per heavy atom. The maximum absolute atomic E-state index is 11.8. The van der Waals surface area contributed by atoms with Crippen LogP contribution in [0.2, 0.25) is 0 Å². The van der Waals surface area contributed by atoms with Gasteiger partial charge in [-0.15, -0.1) is 0 Å². The molecule has 7 nitrogen and oxygen atoms in total. The van der Waals surface area contributed by atoms with Crippen molar-refractivity contribution >= 4 is 17.1 Å². The molecule has 4 N–H and O–H groups in total. The van der Waals surface area contributed by atoms with Gasteiger partial charge in [0.1, 0.15) is 0 Å². The second-order valence-corrected chi connectivity index (χ2v) is 4.58. The predicted molar refractivity (Wildman–Crippen MR) is 75.6 cm³/mol. The van der Waals surface area contributed by atoms with Crippen LogP contribution < -0.4 is 16.3 Å². The summed E-state index contributed by atoms with van der Waals surface area (Å²) < 4.78 is 1.57. The Hall–Kier alpha value is -2.28. The Bertz CT molecular complexity index is 646. The lowest BCUT2D eigenvalue weighted by atomic mass is 10.3. The minimum Gasteiger partial charge on any atom is -0.394 e. The fraction of sp³-hybridized carbons (Fsp3) is 0.385. The van der Waals surface area contributed by atoms with E-state index in [2.05, 4.69) is 15.6 Å². The number of carbonyl (C=O) groups excluding carboxylic acids is 1. The molecule has 20 heavy (non-hydrogen) atoms. The summed E-state index contributed by atoms with van der Waals surface area (Å²) in [5.74, 6) is 0. The van der Waals surface area contributed by atoms with Crippen LogP contribution in [0, 0.1) is 0 Å². The van der Waals surface area contributed by atoms with Crippen LogP contribution in [0.1, 0.15) is 6.92 Å². The smallest absolute Gasteiger partial charge is 0.326 e. The standard InChI is InChI=1S/C13H18N4O3/c1-9(8-18)15-12(19)14-6-7-17-11-5-3-2-4-10(11)16-13(17)20/h2-5,9,18H,6-8H2,1H3,(H,16,20)(H2,14,15,19)/t9-/m0/s1. The summed E-state index contributed by atoms with van der Waals surface area (Å²) in [5, 5.41) is 14.0. The molecule has 0 spiro atoms. The molecule has 0 unspecified atom stereocenters. The lowest BCUT2D eigenvalue weighted by molar-refractivity contribution is 0.220. The third-order valence-electron chi connectivity index (χ3n) is 2.95. The number of aliphatic hydroxyl groups is 1. The number of imidazole rings is 1. The topological polar surface area (TPSA) is 99.1 Å². The van der Waals surface area contributed by atoms with Crippen LogP contribution in [-0.2, 0) is 6.54 Å². The number of urea groups is 1. The Labute approximate surface area is 115 Å². The van der Waals surface area contributed by atoms with Gasteiger partial charge in [-0.25, -0.2) is 9.59 Å². The van der Waals surface area contributed by atoms with Gasteiger partial charge < -0.3 is 20.7 Å². The zero-order chi connectivity index (χ0) is 14.5. The van der Waals surface area contributed by atoms with E-state index in [9.17, 15) is 9.59 Å². The average molecular weight is 278 g/mol. The number of para-hydroxylation sites is 2. The van der Waals surface area contributed by atoms with Gasteiger partial charge in [0.25, 0.3) is 0 Å². The normalized spacial score (nSPS) is 12.3. The summed E-state index contributed by atoms with van der Waals surface area (Å²) in [6, 6.07) is 6.72. The van der Waals surface area contributed by atoms with E-state index < -0.39 is 0 Å². The first-order valence-electron chi connectivity index (χ1n) is 6.44. The monoisotopic (exact) mass is 278 g/mol. The quantitative estimate of drug-likeness (QED) is 0.620. The summed E-state index contributed by atoms with van der Waals surface area (Å²) in [6.07, 6.45) is 0. The number of nitrogens with zero attached hydrogens (tertiary/aromatic N) is 1. The summed E-state index contributed by atoms with van der Waals surface area (Å²) in [5.41, 5.74) is 1.39. The lowest BCUT2D eigenvalue weighted by Gasteiger charge is -2.12.